The SMILES string of the molecule is C=CC(=O)O[C@H](C)[C@H](NC(=O)OC(C)(C)C)C(=O)N1C[C@H](Oc2cc(-c3ccccc3)nc3cc(OC)ccc23)C[C@H]1C(=O)N[C@]1(C(=O)NS(=O)(=O)C2CC2)C[C@H]1C=C. The molecular weight excluding hydrogens is 783 g/mol. The van der Waals surface area contributed by atoms with Crippen molar-refractivity contribution in [3.8, 4) is 22.8 Å². The molecule has 1 aliphatic heterocycles. The summed E-state index contributed by atoms with van der Waals surface area (Å²) in [6, 6.07) is 13.6. The molecule has 6 rings (SSSR count). The Morgan fingerprint density at radius 3 is 2.36 bits per heavy atom. The average molecular weight is 832 g/mol. The van der Waals surface area contributed by atoms with Gasteiger partial charge >= 0.3 is 12.1 Å². The molecule has 2 heterocycles. The number of aromatic nitrogens is 1. The van der Waals surface area contributed by atoms with Gasteiger partial charge in [-0.1, -0.05) is 43.0 Å². The lowest BCUT2D eigenvalue weighted by molar-refractivity contribution is -0.150. The number of amides is 4. The molecule has 0 radical (unpaired) electrons. The normalized spacial score (nSPS) is 22.3. The summed E-state index contributed by atoms with van der Waals surface area (Å²) >= 11 is 0. The second-order valence-corrected chi connectivity index (χ2v) is 17.9. The third-order valence-electron chi connectivity index (χ3n) is 10.3. The summed E-state index contributed by atoms with van der Waals surface area (Å²) in [7, 11) is -2.43. The molecule has 3 aliphatic rings. The number of hydrogen-bond acceptors (Lipinski definition) is 12. The maximum Gasteiger partial charge on any atom is 0.408 e. The van der Waals surface area contributed by atoms with E-state index in [0.29, 0.717) is 40.9 Å². The predicted molar refractivity (Wildman–Crippen MR) is 216 cm³/mol. The van der Waals surface area contributed by atoms with Gasteiger partial charge < -0.3 is 34.5 Å². The van der Waals surface area contributed by atoms with Crippen LogP contribution in [0.2, 0.25) is 0 Å². The van der Waals surface area contributed by atoms with E-state index in [1.807, 2.05) is 30.3 Å². The van der Waals surface area contributed by atoms with Crippen molar-refractivity contribution in [1.82, 2.24) is 25.2 Å². The third kappa shape index (κ3) is 9.67. The Balaban J connectivity index is 1.36. The van der Waals surface area contributed by atoms with Crippen LogP contribution < -0.4 is 24.8 Å². The molecule has 16 nitrogen and oxygen atoms in total. The second-order valence-electron chi connectivity index (χ2n) is 15.9. The van der Waals surface area contributed by atoms with Crippen molar-refractivity contribution in [1.29, 1.82) is 0 Å². The number of fused-ring (bicyclic) bond motifs is 1. The number of pyridine rings is 1. The number of benzene rings is 2. The van der Waals surface area contributed by atoms with Gasteiger partial charge in [0.05, 0.1) is 30.1 Å². The fraction of sp³-hybridized carbons (Fsp3) is 0.429. The first kappa shape index (κ1) is 42.6. The maximum atomic E-state index is 14.7. The molecule has 0 spiro atoms. The van der Waals surface area contributed by atoms with Crippen LogP contribution in [-0.2, 0) is 38.7 Å². The van der Waals surface area contributed by atoms with E-state index in [9.17, 15) is 32.4 Å². The van der Waals surface area contributed by atoms with Crippen molar-refractivity contribution in [2.75, 3.05) is 13.7 Å². The zero-order valence-electron chi connectivity index (χ0n) is 33.6. The van der Waals surface area contributed by atoms with Crippen molar-refractivity contribution >= 4 is 50.7 Å². The van der Waals surface area contributed by atoms with Gasteiger partial charge in [0.1, 0.15) is 46.9 Å². The Morgan fingerprint density at radius 1 is 1.03 bits per heavy atom. The molecule has 314 valence electrons. The van der Waals surface area contributed by atoms with E-state index < -0.39 is 86.4 Å². The predicted octanol–water partition coefficient (Wildman–Crippen LogP) is 3.94. The van der Waals surface area contributed by atoms with Crippen molar-refractivity contribution < 1.29 is 51.3 Å². The smallest absolute Gasteiger partial charge is 0.408 e. The lowest BCUT2D eigenvalue weighted by Gasteiger charge is -2.32. The Labute approximate surface area is 342 Å². The van der Waals surface area contributed by atoms with E-state index >= 15 is 0 Å². The lowest BCUT2D eigenvalue weighted by Crippen LogP contribution is -2.60. The number of hydrogen-bond donors (Lipinski definition) is 3. The summed E-state index contributed by atoms with van der Waals surface area (Å²) in [4.78, 5) is 74.3. The Hall–Kier alpha value is -5.97. The zero-order valence-corrected chi connectivity index (χ0v) is 34.4. The van der Waals surface area contributed by atoms with Crippen LogP contribution in [0.4, 0.5) is 4.79 Å². The molecule has 59 heavy (non-hydrogen) atoms. The molecule has 3 aromatic rings. The van der Waals surface area contributed by atoms with Gasteiger partial charge in [-0.05, 0) is 59.1 Å². The van der Waals surface area contributed by atoms with Crippen molar-refractivity contribution in [2.24, 2.45) is 5.92 Å². The second kappa shape index (κ2) is 16.7. The number of nitrogens with zero attached hydrogens (tertiary/aromatic N) is 2. The van der Waals surface area contributed by atoms with Crippen LogP contribution in [0.1, 0.15) is 53.4 Å². The van der Waals surface area contributed by atoms with Gasteiger partial charge in [0, 0.05) is 41.5 Å². The van der Waals surface area contributed by atoms with E-state index in [1.54, 1.807) is 45.0 Å². The van der Waals surface area contributed by atoms with Gasteiger partial charge in [-0.15, -0.1) is 6.58 Å². The number of likely N-dealkylation sites (tertiary alicyclic amines) is 1. The zero-order chi connectivity index (χ0) is 42.9. The summed E-state index contributed by atoms with van der Waals surface area (Å²) in [5.74, 6) is -3.04. The third-order valence-corrected chi connectivity index (χ3v) is 12.1. The van der Waals surface area contributed by atoms with Crippen LogP contribution in [0.15, 0.2) is 79.9 Å². The van der Waals surface area contributed by atoms with Gasteiger partial charge in [0.25, 0.3) is 5.91 Å². The number of carbonyl (C=O) groups is 5. The summed E-state index contributed by atoms with van der Waals surface area (Å²) in [5.41, 5.74) is -0.675. The van der Waals surface area contributed by atoms with Crippen molar-refractivity contribution in [3.63, 3.8) is 0 Å². The van der Waals surface area contributed by atoms with Gasteiger partial charge in [0.2, 0.25) is 21.8 Å². The van der Waals surface area contributed by atoms with Crippen LogP contribution in [0.25, 0.3) is 22.2 Å². The van der Waals surface area contributed by atoms with Crippen molar-refractivity contribution in [3.05, 3.63) is 79.9 Å². The minimum absolute atomic E-state index is 0.0704. The molecular formula is C42H49N5O11S. The van der Waals surface area contributed by atoms with Crippen LogP contribution >= 0.6 is 0 Å². The number of alkyl carbamates (subject to hydrolysis) is 1. The minimum atomic E-state index is -3.97. The standard InChI is InChI=1S/C42H49N5O11S/c1-8-26-22-42(26,39(51)46-59(53,54)29-16-17-29)45-37(49)33-20-28(23-47(33)38(50)36(24(3)56-35(48)9-2)44-40(52)58-41(4,5)6)57-34-21-31(25-13-11-10-12-14-25)43-32-19-27(55-7)15-18-30(32)34/h8-15,18-19,21,24,26,28-29,33,36H,1-2,16-17,20,22-23H2,3-7H3,(H,44,52)(H,45,49)(H,46,51)/t24-,26-,28-,33+,36+,42-/m1/s1. The molecule has 1 aromatic heterocycles. The van der Waals surface area contributed by atoms with Gasteiger partial charge in [-0.25, -0.2) is 23.0 Å². The fourth-order valence-electron chi connectivity index (χ4n) is 7.02. The van der Waals surface area contributed by atoms with Gasteiger partial charge in [0.15, 0.2) is 0 Å². The number of sulfonamides is 1. The summed E-state index contributed by atoms with van der Waals surface area (Å²) in [6.07, 6.45) is 0.0341. The molecule has 6 atom stereocenters. The van der Waals surface area contributed by atoms with E-state index in [2.05, 4.69) is 28.5 Å². The van der Waals surface area contributed by atoms with Crippen LogP contribution in [-0.4, -0.2) is 102 Å². The Kier molecular flexibility index (Phi) is 12.1. The molecule has 1 saturated heterocycles. The molecule has 4 amide bonds. The van der Waals surface area contributed by atoms with E-state index in [1.165, 1.54) is 25.0 Å². The van der Waals surface area contributed by atoms with Crippen LogP contribution in [0, 0.1) is 5.92 Å². The molecule has 17 heteroatoms. The van der Waals surface area contributed by atoms with Gasteiger partial charge in [-0.2, -0.15) is 0 Å². The number of esters is 1. The van der Waals surface area contributed by atoms with E-state index in [-0.39, 0.29) is 19.4 Å². The molecule has 0 unspecified atom stereocenters. The number of ether oxygens (including phenoxy) is 4. The van der Waals surface area contributed by atoms with Crippen LogP contribution in [0.3, 0.4) is 0 Å². The summed E-state index contributed by atoms with van der Waals surface area (Å²) < 4.78 is 50.6. The average Bonchev–Trinajstić information content (AvgIpc) is 4.12. The lowest BCUT2D eigenvalue weighted by atomic mass is 10.1. The highest BCUT2D eigenvalue weighted by Gasteiger charge is 2.62. The van der Waals surface area contributed by atoms with Gasteiger partial charge in [-0.3, -0.25) is 19.1 Å². The largest absolute Gasteiger partial charge is 0.497 e. The number of carbonyl (C=O) groups excluding carboxylic acids is 5. The highest BCUT2D eigenvalue weighted by atomic mass is 32.2. The van der Waals surface area contributed by atoms with Crippen LogP contribution in [0.5, 0.6) is 11.5 Å². The Bertz CT molecular complexity index is 2270. The van der Waals surface area contributed by atoms with Crippen molar-refractivity contribution in [2.45, 2.75) is 94.1 Å². The molecule has 2 saturated carbocycles. The number of rotatable bonds is 15. The molecule has 2 aromatic carbocycles. The first-order valence-electron chi connectivity index (χ1n) is 19.2. The molecule has 0 bridgehead atoms. The molecule has 3 fully saturated rings. The molecule has 2 aliphatic carbocycles. The van der Waals surface area contributed by atoms with E-state index in [0.717, 1.165) is 11.6 Å². The summed E-state index contributed by atoms with van der Waals surface area (Å²) in [5, 5.41) is 5.17. The maximum absolute atomic E-state index is 14.7. The topological polar surface area (TPSA) is 209 Å². The fourth-order valence-corrected chi connectivity index (χ4v) is 8.39. The first-order valence-corrected chi connectivity index (χ1v) is 20.8. The monoisotopic (exact) mass is 831 g/mol. The Morgan fingerprint density at radius 2 is 1.75 bits per heavy atom. The molecule has 3 N–H and O–H groups in total. The first-order chi connectivity index (χ1) is 27.9. The quantitative estimate of drug-likeness (QED) is 0.113. The minimum Gasteiger partial charge on any atom is -0.497 e. The highest BCUT2D eigenvalue weighted by Crippen LogP contribution is 2.45. The van der Waals surface area contributed by atoms with E-state index in [4.69, 9.17) is 23.9 Å². The number of nitrogens with one attached hydrogen (secondary N) is 3. The number of methoxy groups -OCH3 is 1. The highest BCUT2D eigenvalue weighted by molar-refractivity contribution is 7.91. The summed E-state index contributed by atoms with van der Waals surface area (Å²) in [6.45, 7) is 13.3.